The molecule has 2 rings (SSSR count). The predicted molar refractivity (Wildman–Crippen MR) is 88.9 cm³/mol. The third-order valence-corrected chi connectivity index (χ3v) is 4.05. The highest BCUT2D eigenvalue weighted by atomic mass is 35.5. The highest BCUT2D eigenvalue weighted by molar-refractivity contribution is 7.99. The minimum Gasteiger partial charge on any atom is -0.335 e. The molecule has 0 spiro atoms. The van der Waals surface area contributed by atoms with E-state index in [0.717, 1.165) is 22.9 Å². The summed E-state index contributed by atoms with van der Waals surface area (Å²) in [6, 6.07) is 7.40. The van der Waals surface area contributed by atoms with Gasteiger partial charge in [0.25, 0.3) is 0 Å². The van der Waals surface area contributed by atoms with Gasteiger partial charge in [-0.05, 0) is 19.1 Å². The van der Waals surface area contributed by atoms with Crippen molar-refractivity contribution in [1.29, 1.82) is 0 Å². The third kappa shape index (κ3) is 5.22. The number of thioether (sulfide) groups is 1. The molecule has 1 unspecified atom stereocenters. The second kappa shape index (κ2) is 8.26. The van der Waals surface area contributed by atoms with E-state index in [1.807, 2.05) is 31.2 Å². The normalized spacial score (nSPS) is 17.0. The van der Waals surface area contributed by atoms with Gasteiger partial charge in [-0.1, -0.05) is 17.7 Å². The van der Waals surface area contributed by atoms with E-state index in [1.54, 1.807) is 18.8 Å². The lowest BCUT2D eigenvalue weighted by Gasteiger charge is -2.20. The van der Waals surface area contributed by atoms with Gasteiger partial charge >= 0.3 is 0 Å². The van der Waals surface area contributed by atoms with Crippen LogP contribution >= 0.6 is 24.2 Å². The SMILES string of the molecule is Cc1ccc(NC(=O)CN(C)C(=O)C2CSCN2)cc1.Cl. The summed E-state index contributed by atoms with van der Waals surface area (Å²) in [5, 5.41) is 5.89. The Balaban J connectivity index is 0.00000220. The van der Waals surface area contributed by atoms with Crippen molar-refractivity contribution in [2.45, 2.75) is 13.0 Å². The zero-order valence-electron chi connectivity index (χ0n) is 12.1. The van der Waals surface area contributed by atoms with Crippen LogP contribution in [0.25, 0.3) is 0 Å². The zero-order chi connectivity index (χ0) is 14.5. The molecule has 7 heteroatoms. The lowest BCUT2D eigenvalue weighted by Crippen LogP contribution is -2.45. The number of likely N-dealkylation sites (N-methyl/N-ethyl adjacent to an activating group) is 1. The number of carbonyl (C=O) groups is 2. The lowest BCUT2D eigenvalue weighted by molar-refractivity contribution is -0.134. The van der Waals surface area contributed by atoms with Gasteiger partial charge in [0.05, 0.1) is 12.6 Å². The number of aryl methyl sites for hydroxylation is 1. The van der Waals surface area contributed by atoms with Gasteiger partial charge < -0.3 is 10.2 Å². The predicted octanol–water partition coefficient (Wildman–Crippen LogP) is 1.48. The van der Waals surface area contributed by atoms with Crippen molar-refractivity contribution < 1.29 is 9.59 Å². The number of nitrogens with one attached hydrogen (secondary N) is 2. The van der Waals surface area contributed by atoms with Crippen LogP contribution in [0.15, 0.2) is 24.3 Å². The second-order valence-electron chi connectivity index (χ2n) is 4.88. The zero-order valence-corrected chi connectivity index (χ0v) is 13.7. The van der Waals surface area contributed by atoms with E-state index >= 15 is 0 Å². The van der Waals surface area contributed by atoms with Gasteiger partial charge in [0.2, 0.25) is 11.8 Å². The van der Waals surface area contributed by atoms with Crippen LogP contribution in [0, 0.1) is 6.92 Å². The number of amides is 2. The summed E-state index contributed by atoms with van der Waals surface area (Å²) in [4.78, 5) is 25.4. The fourth-order valence-electron chi connectivity index (χ4n) is 1.95. The van der Waals surface area contributed by atoms with E-state index in [1.165, 1.54) is 4.90 Å². The maximum atomic E-state index is 12.0. The Morgan fingerprint density at radius 1 is 1.38 bits per heavy atom. The van der Waals surface area contributed by atoms with Crippen LogP contribution in [0.2, 0.25) is 0 Å². The monoisotopic (exact) mass is 329 g/mol. The summed E-state index contributed by atoms with van der Waals surface area (Å²) in [5.74, 6) is 1.34. The molecule has 5 nitrogen and oxygen atoms in total. The van der Waals surface area contributed by atoms with Crippen LogP contribution < -0.4 is 10.6 Å². The van der Waals surface area contributed by atoms with Crippen molar-refractivity contribution in [3.8, 4) is 0 Å². The van der Waals surface area contributed by atoms with Crippen LogP contribution in [-0.4, -0.2) is 48.0 Å². The summed E-state index contributed by atoms with van der Waals surface area (Å²) in [6.07, 6.45) is 0. The molecule has 0 saturated carbocycles. The quantitative estimate of drug-likeness (QED) is 0.878. The molecule has 1 aromatic carbocycles. The van der Waals surface area contributed by atoms with Gasteiger partial charge in [-0.2, -0.15) is 0 Å². The van der Waals surface area contributed by atoms with Crippen molar-refractivity contribution in [1.82, 2.24) is 10.2 Å². The van der Waals surface area contributed by atoms with Gasteiger partial charge in [0.15, 0.2) is 0 Å². The average molecular weight is 330 g/mol. The molecule has 1 fully saturated rings. The van der Waals surface area contributed by atoms with E-state index in [4.69, 9.17) is 0 Å². The number of hydrogen-bond donors (Lipinski definition) is 2. The summed E-state index contributed by atoms with van der Waals surface area (Å²) < 4.78 is 0. The number of rotatable bonds is 4. The maximum absolute atomic E-state index is 12.0. The smallest absolute Gasteiger partial charge is 0.243 e. The molecule has 0 radical (unpaired) electrons. The highest BCUT2D eigenvalue weighted by Gasteiger charge is 2.26. The van der Waals surface area contributed by atoms with Gasteiger partial charge in [0, 0.05) is 24.4 Å². The van der Waals surface area contributed by atoms with Crippen LogP contribution in [0.3, 0.4) is 0 Å². The molecule has 1 heterocycles. The summed E-state index contributed by atoms with van der Waals surface area (Å²) in [6.45, 7) is 2.06. The molecule has 1 atom stereocenters. The van der Waals surface area contributed by atoms with Crippen LogP contribution in [0.1, 0.15) is 5.56 Å². The number of carbonyl (C=O) groups excluding carboxylic acids is 2. The molecule has 2 N–H and O–H groups in total. The van der Waals surface area contributed by atoms with Crippen LogP contribution in [-0.2, 0) is 9.59 Å². The van der Waals surface area contributed by atoms with Gasteiger partial charge in [-0.3, -0.25) is 14.9 Å². The second-order valence-corrected chi connectivity index (χ2v) is 5.91. The fraction of sp³-hybridized carbons (Fsp3) is 0.429. The van der Waals surface area contributed by atoms with E-state index in [-0.39, 0.29) is 36.8 Å². The summed E-state index contributed by atoms with van der Waals surface area (Å²) >= 11 is 1.69. The number of anilines is 1. The first-order valence-corrected chi connectivity index (χ1v) is 7.64. The fourth-order valence-corrected chi connectivity index (χ4v) is 2.88. The van der Waals surface area contributed by atoms with Gasteiger partial charge in [-0.25, -0.2) is 0 Å². The van der Waals surface area contributed by atoms with E-state index in [9.17, 15) is 9.59 Å². The maximum Gasteiger partial charge on any atom is 0.243 e. The molecule has 21 heavy (non-hydrogen) atoms. The Morgan fingerprint density at radius 3 is 2.62 bits per heavy atom. The number of halogens is 1. The van der Waals surface area contributed by atoms with Crippen molar-refractivity contribution in [2.24, 2.45) is 0 Å². The molecule has 1 aliphatic heterocycles. The topological polar surface area (TPSA) is 61.4 Å². The first kappa shape index (κ1) is 17.8. The molecule has 0 aromatic heterocycles. The molecule has 1 aromatic rings. The van der Waals surface area contributed by atoms with Crippen molar-refractivity contribution in [3.05, 3.63) is 29.8 Å². The summed E-state index contributed by atoms with van der Waals surface area (Å²) in [7, 11) is 1.65. The van der Waals surface area contributed by atoms with Crippen LogP contribution in [0.5, 0.6) is 0 Å². The Kier molecular flexibility index (Phi) is 7.01. The van der Waals surface area contributed by atoms with Crippen molar-refractivity contribution in [3.63, 3.8) is 0 Å². The Hall–Kier alpha value is -1.24. The number of nitrogens with zero attached hydrogens (tertiary/aromatic N) is 1. The molecule has 1 saturated heterocycles. The Bertz CT molecular complexity index is 489. The minimum atomic E-state index is -0.185. The molecular weight excluding hydrogens is 310 g/mol. The van der Waals surface area contributed by atoms with E-state index in [0.29, 0.717) is 0 Å². The summed E-state index contributed by atoms with van der Waals surface area (Å²) in [5.41, 5.74) is 1.89. The standard InChI is InChI=1S/C14H19N3O2S.ClH/c1-10-3-5-11(6-4-10)16-13(18)7-17(2)14(19)12-8-20-9-15-12;/h3-6,12,15H,7-9H2,1-2H3,(H,16,18);1H. The van der Waals surface area contributed by atoms with Gasteiger partial charge in [-0.15, -0.1) is 24.2 Å². The molecule has 0 bridgehead atoms. The molecule has 116 valence electrons. The Morgan fingerprint density at radius 2 is 2.05 bits per heavy atom. The van der Waals surface area contributed by atoms with Crippen molar-refractivity contribution in [2.75, 3.05) is 30.5 Å². The van der Waals surface area contributed by atoms with Crippen molar-refractivity contribution >= 4 is 41.7 Å². The van der Waals surface area contributed by atoms with Gasteiger partial charge in [0.1, 0.15) is 0 Å². The van der Waals surface area contributed by atoms with E-state index < -0.39 is 0 Å². The molecular formula is C14H20ClN3O2S. The third-order valence-electron chi connectivity index (χ3n) is 3.11. The molecule has 0 aliphatic carbocycles. The highest BCUT2D eigenvalue weighted by Crippen LogP contribution is 2.12. The first-order chi connectivity index (χ1) is 9.56. The number of hydrogen-bond acceptors (Lipinski definition) is 4. The Labute approximate surface area is 135 Å². The average Bonchev–Trinajstić information content (AvgIpc) is 2.94. The largest absolute Gasteiger partial charge is 0.335 e. The minimum absolute atomic E-state index is 0. The van der Waals surface area contributed by atoms with Crippen LogP contribution in [0.4, 0.5) is 5.69 Å². The lowest BCUT2D eigenvalue weighted by atomic mass is 10.2. The number of benzene rings is 1. The molecule has 1 aliphatic rings. The van der Waals surface area contributed by atoms with E-state index in [2.05, 4.69) is 10.6 Å². The molecule has 2 amide bonds. The first-order valence-electron chi connectivity index (χ1n) is 6.49.